The van der Waals surface area contributed by atoms with Gasteiger partial charge in [0.2, 0.25) is 0 Å². The van der Waals surface area contributed by atoms with E-state index in [1.165, 1.54) is 16.0 Å². The van der Waals surface area contributed by atoms with E-state index in [1.807, 2.05) is 0 Å². The molecule has 0 atom stereocenters. The third-order valence-corrected chi connectivity index (χ3v) is 3.08. The Morgan fingerprint density at radius 1 is 1.39 bits per heavy atom. The number of thiazole rings is 1. The van der Waals surface area contributed by atoms with Crippen molar-refractivity contribution in [2.24, 2.45) is 7.05 Å². The van der Waals surface area contributed by atoms with Crippen LogP contribution in [0, 0.1) is 0 Å². The number of aryl methyl sites for hydroxylation is 1. The molecular weight excluding hydrogens is 252 g/mol. The van der Waals surface area contributed by atoms with E-state index < -0.39 is 0 Å². The summed E-state index contributed by atoms with van der Waals surface area (Å²) in [5, 5.41) is 12.8. The van der Waals surface area contributed by atoms with Crippen LogP contribution in [0.3, 0.4) is 0 Å². The Labute approximate surface area is 105 Å². The molecule has 0 fully saturated rings. The molecular formula is C10H8N6OS. The maximum atomic E-state index is 12.1. The van der Waals surface area contributed by atoms with Gasteiger partial charge in [-0.25, -0.2) is 14.6 Å². The third-order valence-electron chi connectivity index (χ3n) is 2.39. The smallest absolute Gasteiger partial charge is 0.259 e. The Kier molecular flexibility index (Phi) is 2.49. The number of amides is 1. The van der Waals surface area contributed by atoms with E-state index in [4.69, 9.17) is 0 Å². The van der Waals surface area contributed by atoms with Crippen LogP contribution >= 0.6 is 11.3 Å². The number of hydrogen-bond acceptors (Lipinski definition) is 6. The molecule has 3 rings (SSSR count). The summed E-state index contributed by atoms with van der Waals surface area (Å²) in [5.74, 6) is -0.266. The molecule has 0 aliphatic heterocycles. The molecule has 3 heterocycles. The summed E-state index contributed by atoms with van der Waals surface area (Å²) < 4.78 is 1.52. The van der Waals surface area contributed by atoms with Gasteiger partial charge in [0.05, 0.1) is 5.56 Å². The van der Waals surface area contributed by atoms with Gasteiger partial charge in [-0.3, -0.25) is 10.1 Å². The van der Waals surface area contributed by atoms with Crippen LogP contribution in [0.15, 0.2) is 23.8 Å². The third kappa shape index (κ3) is 1.72. The molecule has 18 heavy (non-hydrogen) atoms. The lowest BCUT2D eigenvalue weighted by molar-refractivity contribution is 0.102. The summed E-state index contributed by atoms with van der Waals surface area (Å²) in [5.41, 5.74) is 1.49. The molecule has 1 amide bonds. The zero-order valence-corrected chi connectivity index (χ0v) is 10.2. The van der Waals surface area contributed by atoms with E-state index in [2.05, 4.69) is 25.6 Å². The van der Waals surface area contributed by atoms with Gasteiger partial charge in [-0.15, -0.1) is 16.4 Å². The van der Waals surface area contributed by atoms with E-state index in [1.54, 1.807) is 30.9 Å². The van der Waals surface area contributed by atoms with Crippen molar-refractivity contribution in [1.29, 1.82) is 0 Å². The van der Waals surface area contributed by atoms with Gasteiger partial charge in [0, 0.05) is 24.8 Å². The largest absolute Gasteiger partial charge is 0.298 e. The highest BCUT2D eigenvalue weighted by atomic mass is 32.1. The van der Waals surface area contributed by atoms with Gasteiger partial charge in [0.25, 0.3) is 5.91 Å². The molecule has 0 spiro atoms. The van der Waals surface area contributed by atoms with Crippen LogP contribution in [-0.4, -0.2) is 30.9 Å². The minimum Gasteiger partial charge on any atom is -0.298 e. The molecule has 0 unspecified atom stereocenters. The van der Waals surface area contributed by atoms with Gasteiger partial charge in [0.1, 0.15) is 5.52 Å². The van der Waals surface area contributed by atoms with Crippen molar-refractivity contribution < 1.29 is 4.79 Å². The molecule has 1 N–H and O–H groups in total. The number of hydrogen-bond donors (Lipinski definition) is 1. The van der Waals surface area contributed by atoms with E-state index in [0.717, 1.165) is 0 Å². The lowest BCUT2D eigenvalue weighted by atomic mass is 10.2. The Morgan fingerprint density at radius 2 is 2.28 bits per heavy atom. The monoisotopic (exact) mass is 260 g/mol. The Hall–Kier alpha value is -2.35. The number of rotatable bonds is 2. The molecule has 0 saturated heterocycles. The van der Waals surface area contributed by atoms with Crippen molar-refractivity contribution in [3.63, 3.8) is 0 Å². The number of anilines is 1. The van der Waals surface area contributed by atoms with Crippen molar-refractivity contribution >= 4 is 33.5 Å². The van der Waals surface area contributed by atoms with Gasteiger partial charge in [-0.05, 0) is 6.07 Å². The molecule has 0 aromatic carbocycles. The number of aromatic nitrogens is 5. The first-order chi connectivity index (χ1) is 8.75. The fourth-order valence-electron chi connectivity index (χ4n) is 1.57. The average Bonchev–Trinajstić information content (AvgIpc) is 3.00. The molecule has 90 valence electrons. The lowest BCUT2D eigenvalue weighted by Gasteiger charge is -2.01. The summed E-state index contributed by atoms with van der Waals surface area (Å²) in [4.78, 5) is 20.2. The standard InChI is InChI=1S/C10H8N6OS/c1-16-8-7(14-15-16)6(2-3-11-8)9(17)13-10-12-4-5-18-10/h2-5H,1H3,(H,12,13,17). The molecule has 0 aliphatic rings. The van der Waals surface area contributed by atoms with E-state index in [0.29, 0.717) is 21.9 Å². The van der Waals surface area contributed by atoms with Crippen molar-refractivity contribution in [3.8, 4) is 0 Å². The molecule has 0 aliphatic carbocycles. The van der Waals surface area contributed by atoms with Gasteiger partial charge in [-0.1, -0.05) is 5.21 Å². The summed E-state index contributed by atoms with van der Waals surface area (Å²) in [7, 11) is 1.73. The SMILES string of the molecule is Cn1nnc2c(C(=O)Nc3nccs3)ccnc21. The molecule has 7 nitrogen and oxygen atoms in total. The lowest BCUT2D eigenvalue weighted by Crippen LogP contribution is -2.12. The van der Waals surface area contributed by atoms with Gasteiger partial charge >= 0.3 is 0 Å². The highest BCUT2D eigenvalue weighted by molar-refractivity contribution is 7.13. The van der Waals surface area contributed by atoms with E-state index >= 15 is 0 Å². The first-order valence-electron chi connectivity index (χ1n) is 5.11. The second-order valence-electron chi connectivity index (χ2n) is 3.54. The minimum atomic E-state index is -0.266. The molecule has 0 saturated carbocycles. The van der Waals surface area contributed by atoms with Crippen LogP contribution in [0.4, 0.5) is 5.13 Å². The normalized spacial score (nSPS) is 10.7. The number of carbonyl (C=O) groups is 1. The maximum absolute atomic E-state index is 12.1. The zero-order chi connectivity index (χ0) is 12.5. The quantitative estimate of drug-likeness (QED) is 0.745. The van der Waals surface area contributed by atoms with Crippen LogP contribution in [0.5, 0.6) is 0 Å². The van der Waals surface area contributed by atoms with Crippen LogP contribution in [0.25, 0.3) is 11.2 Å². The fraction of sp³-hybridized carbons (Fsp3) is 0.100. The highest BCUT2D eigenvalue weighted by Gasteiger charge is 2.15. The molecule has 3 aromatic rings. The first kappa shape index (κ1) is 10.8. The summed E-state index contributed by atoms with van der Waals surface area (Å²) in [6.07, 6.45) is 3.19. The summed E-state index contributed by atoms with van der Waals surface area (Å²) in [6.45, 7) is 0. The fourth-order valence-corrected chi connectivity index (χ4v) is 2.09. The average molecular weight is 260 g/mol. The number of pyridine rings is 1. The molecule has 0 radical (unpaired) electrons. The van der Waals surface area contributed by atoms with Gasteiger partial charge in [0.15, 0.2) is 10.8 Å². The molecule has 0 bridgehead atoms. The number of carbonyl (C=O) groups excluding carboxylic acids is 1. The highest BCUT2D eigenvalue weighted by Crippen LogP contribution is 2.16. The summed E-state index contributed by atoms with van der Waals surface area (Å²) >= 11 is 1.36. The maximum Gasteiger partial charge on any atom is 0.259 e. The predicted octanol–water partition coefficient (Wildman–Crippen LogP) is 1.07. The number of nitrogens with one attached hydrogen (secondary N) is 1. The predicted molar refractivity (Wildman–Crippen MR) is 66.4 cm³/mol. The Morgan fingerprint density at radius 3 is 3.06 bits per heavy atom. The van der Waals surface area contributed by atoms with Gasteiger partial charge < -0.3 is 0 Å². The van der Waals surface area contributed by atoms with Crippen LogP contribution in [0.1, 0.15) is 10.4 Å². The zero-order valence-electron chi connectivity index (χ0n) is 9.36. The van der Waals surface area contributed by atoms with Crippen molar-refractivity contribution in [1.82, 2.24) is 25.0 Å². The van der Waals surface area contributed by atoms with E-state index in [9.17, 15) is 4.79 Å². The second kappa shape index (κ2) is 4.15. The Bertz CT molecular complexity index is 704. The van der Waals surface area contributed by atoms with Crippen molar-refractivity contribution in [2.75, 3.05) is 5.32 Å². The molecule has 8 heteroatoms. The topological polar surface area (TPSA) is 85.6 Å². The first-order valence-corrected chi connectivity index (χ1v) is 5.99. The van der Waals surface area contributed by atoms with Crippen molar-refractivity contribution in [3.05, 3.63) is 29.4 Å². The van der Waals surface area contributed by atoms with Crippen molar-refractivity contribution in [2.45, 2.75) is 0 Å². The second-order valence-corrected chi connectivity index (χ2v) is 4.43. The number of nitrogens with zero attached hydrogens (tertiary/aromatic N) is 5. The minimum absolute atomic E-state index is 0.266. The molecule has 3 aromatic heterocycles. The Balaban J connectivity index is 2.01. The summed E-state index contributed by atoms with van der Waals surface area (Å²) in [6, 6.07) is 1.61. The van der Waals surface area contributed by atoms with Crippen LogP contribution in [0.2, 0.25) is 0 Å². The number of fused-ring (bicyclic) bond motifs is 1. The van der Waals surface area contributed by atoms with E-state index in [-0.39, 0.29) is 5.91 Å². The van der Waals surface area contributed by atoms with Crippen LogP contribution in [-0.2, 0) is 7.05 Å². The van der Waals surface area contributed by atoms with Gasteiger partial charge in [-0.2, -0.15) is 0 Å². The van der Waals surface area contributed by atoms with Crippen LogP contribution < -0.4 is 5.32 Å².